The maximum atomic E-state index is 14.2. The number of aromatic amines is 1. The van der Waals surface area contributed by atoms with Crippen LogP contribution in [0.1, 0.15) is 43.2 Å². The topological polar surface area (TPSA) is 108 Å². The van der Waals surface area contributed by atoms with Gasteiger partial charge in [-0.3, -0.25) is 19.6 Å². The molecule has 256 valence electrons. The molecule has 1 unspecified atom stereocenters. The van der Waals surface area contributed by atoms with Gasteiger partial charge in [0.2, 0.25) is 11.8 Å². The maximum absolute atomic E-state index is 14.2. The summed E-state index contributed by atoms with van der Waals surface area (Å²) in [5.74, 6) is -0.424. The summed E-state index contributed by atoms with van der Waals surface area (Å²) >= 11 is 6.58. The van der Waals surface area contributed by atoms with Gasteiger partial charge in [-0.05, 0) is 74.9 Å². The number of rotatable bonds is 7. The number of H-pyrrole nitrogens is 1. The average Bonchev–Trinajstić information content (AvgIpc) is 3.52. The molecule has 11 nitrogen and oxygen atoms in total. The zero-order chi connectivity index (χ0) is 33.2. The second-order valence-corrected chi connectivity index (χ2v) is 14.5. The van der Waals surface area contributed by atoms with Gasteiger partial charge in [0.05, 0.1) is 22.7 Å². The molecule has 3 aromatic rings. The molecule has 4 aliphatic heterocycles. The number of likely N-dealkylation sites (tertiary alicyclic amines) is 2. The molecule has 0 saturated carbocycles. The summed E-state index contributed by atoms with van der Waals surface area (Å²) < 4.78 is 0. The van der Waals surface area contributed by atoms with Crippen molar-refractivity contribution in [3.8, 4) is 0 Å². The number of amides is 4. The van der Waals surface area contributed by atoms with Gasteiger partial charge in [-0.1, -0.05) is 29.8 Å². The van der Waals surface area contributed by atoms with Crippen LogP contribution >= 0.6 is 11.6 Å². The number of urea groups is 1. The largest absolute Gasteiger partial charge is 0.343 e. The van der Waals surface area contributed by atoms with Gasteiger partial charge in [-0.25, -0.2) is 4.79 Å². The molecule has 0 spiro atoms. The van der Waals surface area contributed by atoms with Gasteiger partial charge < -0.3 is 24.9 Å². The fourth-order valence-electron chi connectivity index (χ4n) is 8.12. The van der Waals surface area contributed by atoms with E-state index in [0.29, 0.717) is 37.1 Å². The molecule has 5 heterocycles. The third kappa shape index (κ3) is 7.18. The van der Waals surface area contributed by atoms with Gasteiger partial charge in [0.15, 0.2) is 0 Å². The molecule has 48 heavy (non-hydrogen) atoms. The van der Waals surface area contributed by atoms with Crippen LogP contribution in [0.25, 0.3) is 10.9 Å². The zero-order valence-electron chi connectivity index (χ0n) is 27.9. The van der Waals surface area contributed by atoms with Crippen molar-refractivity contribution in [2.24, 2.45) is 5.92 Å². The van der Waals surface area contributed by atoms with Crippen molar-refractivity contribution in [2.45, 2.75) is 57.0 Å². The predicted octanol–water partition coefficient (Wildman–Crippen LogP) is 4.08. The van der Waals surface area contributed by atoms with Crippen LogP contribution in [-0.2, 0) is 22.4 Å². The van der Waals surface area contributed by atoms with Crippen molar-refractivity contribution in [2.75, 3.05) is 71.3 Å². The normalized spacial score (nSPS) is 21.2. The lowest BCUT2D eigenvalue weighted by atomic mass is 9.91. The number of carbonyl (C=O) groups excluding carboxylic acids is 3. The Kier molecular flexibility index (Phi) is 9.88. The summed E-state index contributed by atoms with van der Waals surface area (Å²) in [6.07, 6.45) is 6.51. The van der Waals surface area contributed by atoms with E-state index in [1.807, 2.05) is 45.0 Å². The van der Waals surface area contributed by atoms with Gasteiger partial charge >= 0.3 is 6.03 Å². The second-order valence-electron chi connectivity index (χ2n) is 14.1. The summed E-state index contributed by atoms with van der Waals surface area (Å²) in [6, 6.07) is 12.4. The highest BCUT2D eigenvalue weighted by Crippen LogP contribution is 2.29. The van der Waals surface area contributed by atoms with Crippen molar-refractivity contribution in [3.63, 3.8) is 0 Å². The number of hydrogen-bond donors (Lipinski definition) is 2. The molecular weight excluding hydrogens is 628 g/mol. The molecule has 0 radical (unpaired) electrons. The van der Waals surface area contributed by atoms with E-state index in [9.17, 15) is 14.4 Å². The minimum atomic E-state index is -0.481. The third-order valence-corrected chi connectivity index (χ3v) is 11.3. The summed E-state index contributed by atoms with van der Waals surface area (Å²) in [5, 5.41) is 11.6. The molecule has 4 aliphatic rings. The molecule has 2 N–H and O–H groups in total. The van der Waals surface area contributed by atoms with Crippen molar-refractivity contribution in [3.05, 3.63) is 58.7 Å². The first-order valence-corrected chi connectivity index (χ1v) is 18.0. The van der Waals surface area contributed by atoms with Crippen LogP contribution in [0.15, 0.2) is 42.6 Å². The van der Waals surface area contributed by atoms with Crippen LogP contribution < -0.4 is 5.32 Å². The van der Waals surface area contributed by atoms with Crippen molar-refractivity contribution in [1.82, 2.24) is 34.7 Å². The van der Waals surface area contributed by atoms with Crippen LogP contribution in [0.5, 0.6) is 0 Å². The van der Waals surface area contributed by atoms with Crippen LogP contribution in [0.3, 0.4) is 0 Å². The highest BCUT2D eigenvalue weighted by Gasteiger charge is 2.35. The van der Waals surface area contributed by atoms with E-state index in [-0.39, 0.29) is 30.3 Å². The van der Waals surface area contributed by atoms with Crippen molar-refractivity contribution in [1.29, 1.82) is 0 Å². The Labute approximate surface area is 287 Å². The lowest BCUT2D eigenvalue weighted by Crippen LogP contribution is -2.53. The van der Waals surface area contributed by atoms with Gasteiger partial charge in [0, 0.05) is 88.5 Å². The Morgan fingerprint density at radius 3 is 2.40 bits per heavy atom. The van der Waals surface area contributed by atoms with Crippen LogP contribution in [-0.4, -0.2) is 131 Å². The lowest BCUT2D eigenvalue weighted by molar-refractivity contribution is -0.143. The summed E-state index contributed by atoms with van der Waals surface area (Å²) in [7, 11) is 2.17. The van der Waals surface area contributed by atoms with Gasteiger partial charge in [0.1, 0.15) is 0 Å². The van der Waals surface area contributed by atoms with E-state index in [1.54, 1.807) is 6.20 Å². The lowest BCUT2D eigenvalue weighted by Gasteiger charge is -2.42. The number of nitrogens with zero attached hydrogens (tertiary/aromatic N) is 6. The van der Waals surface area contributed by atoms with Gasteiger partial charge in [-0.2, -0.15) is 5.10 Å². The number of carbonyl (C=O) groups is 3. The molecule has 0 aliphatic carbocycles. The molecule has 1 aromatic heterocycles. The summed E-state index contributed by atoms with van der Waals surface area (Å²) in [6.45, 7) is 7.58. The number of likely N-dealkylation sites (N-methyl/N-ethyl adjacent to an activating group) is 1. The Morgan fingerprint density at radius 2 is 1.62 bits per heavy atom. The molecule has 2 aromatic carbocycles. The minimum absolute atomic E-state index is 0.00216. The number of piperazine rings is 1. The first-order chi connectivity index (χ1) is 23.3. The molecule has 12 heteroatoms. The number of hydrogen-bond acceptors (Lipinski definition) is 6. The van der Waals surface area contributed by atoms with Crippen LogP contribution in [0, 0.1) is 5.92 Å². The summed E-state index contributed by atoms with van der Waals surface area (Å²) in [5.41, 5.74) is 3.73. The summed E-state index contributed by atoms with van der Waals surface area (Å²) in [4.78, 5) is 52.0. The average molecular weight is 675 g/mol. The van der Waals surface area contributed by atoms with E-state index < -0.39 is 5.92 Å². The van der Waals surface area contributed by atoms with E-state index in [2.05, 4.69) is 38.4 Å². The first kappa shape index (κ1) is 32.9. The standard InChI is InChI=1S/C36H47ClN8O3/c1-41-16-18-42(19-17-41)29-7-13-44(14-8-29)35(47)27(20-25-21-28-24-38-40-34(28)31(37)22-25)23-33(46)43-11-9-30(10-12-43)45-15-6-26-4-2-3-5-32(26)39-36(45)48/h2-5,21-22,24,27,29-30H,6-20,23H2,1H3,(H,38,40)(H,39,48). The number of piperidine rings is 2. The van der Waals surface area contributed by atoms with E-state index in [0.717, 1.165) is 99.1 Å². The number of benzene rings is 2. The first-order valence-electron chi connectivity index (χ1n) is 17.6. The maximum Gasteiger partial charge on any atom is 0.322 e. The SMILES string of the molecule is CN1CCN(C2CCN(C(=O)C(CC(=O)N3CCC(N4CCc5ccccc5NC4=O)CC3)Cc3cc(Cl)c4[nH]ncc4c3)CC2)CC1. The number of halogens is 1. The molecular formula is C36H47ClN8O3. The van der Waals surface area contributed by atoms with E-state index >= 15 is 0 Å². The Balaban J connectivity index is 0.996. The zero-order valence-corrected chi connectivity index (χ0v) is 28.6. The Bertz CT molecular complexity index is 1620. The number of nitrogens with one attached hydrogen (secondary N) is 2. The molecule has 3 saturated heterocycles. The van der Waals surface area contributed by atoms with Crippen LogP contribution in [0.4, 0.5) is 10.5 Å². The van der Waals surface area contributed by atoms with Gasteiger partial charge in [0.25, 0.3) is 0 Å². The second kappa shape index (κ2) is 14.4. The monoisotopic (exact) mass is 674 g/mol. The van der Waals surface area contributed by atoms with E-state index in [4.69, 9.17) is 11.6 Å². The fraction of sp³-hybridized carbons (Fsp3) is 0.556. The quantitative estimate of drug-likeness (QED) is 0.391. The molecule has 7 rings (SSSR count). The number of anilines is 1. The van der Waals surface area contributed by atoms with Gasteiger partial charge in [-0.15, -0.1) is 0 Å². The highest BCUT2D eigenvalue weighted by molar-refractivity contribution is 6.35. The van der Waals surface area contributed by atoms with Crippen molar-refractivity contribution >= 4 is 46.0 Å². The van der Waals surface area contributed by atoms with E-state index in [1.165, 1.54) is 0 Å². The smallest absolute Gasteiger partial charge is 0.322 e. The number of aromatic nitrogens is 2. The highest BCUT2D eigenvalue weighted by atomic mass is 35.5. The third-order valence-electron chi connectivity index (χ3n) is 11.0. The number of para-hydroxylation sites is 1. The Morgan fingerprint density at radius 1 is 0.917 bits per heavy atom. The fourth-order valence-corrected chi connectivity index (χ4v) is 8.41. The molecule has 3 fully saturated rings. The Hall–Kier alpha value is -3.67. The minimum Gasteiger partial charge on any atom is -0.343 e. The number of fused-ring (bicyclic) bond motifs is 2. The molecule has 4 amide bonds. The predicted molar refractivity (Wildman–Crippen MR) is 187 cm³/mol. The van der Waals surface area contributed by atoms with Crippen LogP contribution in [0.2, 0.25) is 5.02 Å². The molecule has 0 bridgehead atoms. The molecule has 1 atom stereocenters. The van der Waals surface area contributed by atoms with Crippen molar-refractivity contribution < 1.29 is 14.4 Å².